The molecule has 0 saturated heterocycles. The predicted octanol–water partition coefficient (Wildman–Crippen LogP) is 3.57. The van der Waals surface area contributed by atoms with Crippen LogP contribution in [0.4, 0.5) is 4.39 Å². The summed E-state index contributed by atoms with van der Waals surface area (Å²) in [6, 6.07) is 4.95. The zero-order valence-electron chi connectivity index (χ0n) is 11.0. The molecule has 0 saturated carbocycles. The van der Waals surface area contributed by atoms with E-state index in [1.54, 1.807) is 12.1 Å². The zero-order valence-corrected chi connectivity index (χ0v) is 12.5. The van der Waals surface area contributed by atoms with E-state index in [9.17, 15) is 9.18 Å². The average Bonchev–Trinajstić information content (AvgIpc) is 2.36. The molecule has 1 atom stereocenters. The number of carbonyl (C=O) groups is 1. The van der Waals surface area contributed by atoms with Crippen LogP contribution < -0.4 is 5.32 Å². The molecule has 0 heterocycles. The van der Waals surface area contributed by atoms with Crippen LogP contribution in [0, 0.1) is 11.7 Å². The smallest absolute Gasteiger partial charge is 0.303 e. The summed E-state index contributed by atoms with van der Waals surface area (Å²) >= 11 is 3.15. The van der Waals surface area contributed by atoms with Gasteiger partial charge in [-0.25, -0.2) is 4.39 Å². The fourth-order valence-corrected chi connectivity index (χ4v) is 2.17. The van der Waals surface area contributed by atoms with E-state index in [2.05, 4.69) is 28.2 Å². The summed E-state index contributed by atoms with van der Waals surface area (Å²) in [4.78, 5) is 10.4. The number of aliphatic carboxylic acids is 1. The molecular formula is C14H19BrFNO2. The third-order valence-electron chi connectivity index (χ3n) is 2.98. The summed E-state index contributed by atoms with van der Waals surface area (Å²) < 4.78 is 13.5. The van der Waals surface area contributed by atoms with Gasteiger partial charge in [0.2, 0.25) is 0 Å². The summed E-state index contributed by atoms with van der Waals surface area (Å²) in [5.74, 6) is -0.606. The molecule has 0 amide bonds. The Kier molecular flexibility index (Phi) is 7.02. The first-order valence-electron chi connectivity index (χ1n) is 6.35. The molecular weight excluding hydrogens is 313 g/mol. The van der Waals surface area contributed by atoms with Gasteiger partial charge >= 0.3 is 5.97 Å². The van der Waals surface area contributed by atoms with Crippen molar-refractivity contribution in [3.63, 3.8) is 0 Å². The molecule has 2 N–H and O–H groups in total. The van der Waals surface area contributed by atoms with Crippen molar-refractivity contribution < 1.29 is 14.3 Å². The Morgan fingerprint density at radius 1 is 1.47 bits per heavy atom. The molecule has 0 spiro atoms. The van der Waals surface area contributed by atoms with Gasteiger partial charge in [0.1, 0.15) is 5.82 Å². The van der Waals surface area contributed by atoms with Crippen LogP contribution in [0.2, 0.25) is 0 Å². The van der Waals surface area contributed by atoms with E-state index in [1.165, 1.54) is 6.07 Å². The minimum atomic E-state index is -0.740. The van der Waals surface area contributed by atoms with Crippen LogP contribution in [0.15, 0.2) is 22.7 Å². The highest BCUT2D eigenvalue weighted by Gasteiger charge is 2.05. The third-order valence-corrected chi connectivity index (χ3v) is 3.59. The highest BCUT2D eigenvalue weighted by Crippen LogP contribution is 2.16. The first-order valence-corrected chi connectivity index (χ1v) is 7.14. The molecule has 1 aromatic rings. The van der Waals surface area contributed by atoms with Gasteiger partial charge in [-0.1, -0.05) is 13.0 Å². The molecule has 1 aromatic carbocycles. The number of carboxylic acids is 1. The summed E-state index contributed by atoms with van der Waals surface area (Å²) in [7, 11) is 0. The Balaban J connectivity index is 2.19. The van der Waals surface area contributed by atoms with Crippen molar-refractivity contribution in [1.82, 2.24) is 5.32 Å². The van der Waals surface area contributed by atoms with Crippen LogP contribution in [-0.2, 0) is 11.3 Å². The van der Waals surface area contributed by atoms with Crippen LogP contribution in [0.1, 0.15) is 31.7 Å². The maximum Gasteiger partial charge on any atom is 0.303 e. The van der Waals surface area contributed by atoms with Gasteiger partial charge in [-0.05, 0) is 58.9 Å². The monoisotopic (exact) mass is 331 g/mol. The second kappa shape index (κ2) is 8.27. The minimum absolute atomic E-state index is 0.228. The number of halogens is 2. The Morgan fingerprint density at radius 3 is 2.84 bits per heavy atom. The Bertz CT molecular complexity index is 426. The Labute approximate surface area is 121 Å². The predicted molar refractivity (Wildman–Crippen MR) is 76.5 cm³/mol. The van der Waals surface area contributed by atoms with Gasteiger partial charge in [-0.15, -0.1) is 0 Å². The number of hydrogen-bond donors (Lipinski definition) is 2. The van der Waals surface area contributed by atoms with Gasteiger partial charge in [0.25, 0.3) is 0 Å². The molecule has 0 aliphatic carbocycles. The van der Waals surface area contributed by atoms with E-state index < -0.39 is 5.97 Å². The van der Waals surface area contributed by atoms with E-state index >= 15 is 0 Å². The summed E-state index contributed by atoms with van der Waals surface area (Å²) in [6.07, 6.45) is 1.88. The number of nitrogens with one attached hydrogen (secondary N) is 1. The number of rotatable bonds is 8. The quantitative estimate of drug-likeness (QED) is 0.716. The van der Waals surface area contributed by atoms with Gasteiger partial charge in [-0.2, -0.15) is 0 Å². The molecule has 1 unspecified atom stereocenters. The number of benzene rings is 1. The number of carboxylic acid groups (broad SMARTS) is 1. The lowest BCUT2D eigenvalue weighted by Gasteiger charge is -2.11. The number of hydrogen-bond acceptors (Lipinski definition) is 2. The molecule has 0 aromatic heterocycles. The van der Waals surface area contributed by atoms with Gasteiger partial charge < -0.3 is 10.4 Å². The molecule has 106 valence electrons. The van der Waals surface area contributed by atoms with E-state index in [1.807, 2.05) is 0 Å². The zero-order chi connectivity index (χ0) is 14.3. The summed E-state index contributed by atoms with van der Waals surface area (Å²) in [6.45, 7) is 3.57. The van der Waals surface area contributed by atoms with E-state index in [0.717, 1.165) is 18.5 Å². The SMILES string of the molecule is CC(CCNCc1ccc(F)c(Br)c1)CCC(=O)O. The lowest BCUT2D eigenvalue weighted by Crippen LogP contribution is -2.17. The van der Waals surface area contributed by atoms with Crippen molar-refractivity contribution in [2.75, 3.05) is 6.54 Å². The van der Waals surface area contributed by atoms with Crippen LogP contribution in [0.3, 0.4) is 0 Å². The highest BCUT2D eigenvalue weighted by molar-refractivity contribution is 9.10. The summed E-state index contributed by atoms with van der Waals surface area (Å²) in [5, 5.41) is 11.9. The van der Waals surface area contributed by atoms with Crippen LogP contribution in [0.25, 0.3) is 0 Å². The van der Waals surface area contributed by atoms with Crippen molar-refractivity contribution in [3.8, 4) is 0 Å². The molecule has 19 heavy (non-hydrogen) atoms. The normalized spacial score (nSPS) is 12.4. The molecule has 0 aliphatic heterocycles. The van der Waals surface area contributed by atoms with Crippen molar-refractivity contribution >= 4 is 21.9 Å². The Morgan fingerprint density at radius 2 is 2.21 bits per heavy atom. The standard InChI is InChI=1S/C14H19BrFNO2/c1-10(2-5-14(18)19)6-7-17-9-11-3-4-13(16)12(15)8-11/h3-4,8,10,17H,2,5-7,9H2,1H3,(H,18,19). The van der Waals surface area contributed by atoms with E-state index in [4.69, 9.17) is 5.11 Å². The van der Waals surface area contributed by atoms with Gasteiger partial charge in [0.15, 0.2) is 0 Å². The summed E-state index contributed by atoms with van der Waals surface area (Å²) in [5.41, 5.74) is 1.02. The van der Waals surface area contributed by atoms with Crippen molar-refractivity contribution in [1.29, 1.82) is 0 Å². The highest BCUT2D eigenvalue weighted by atomic mass is 79.9. The second-order valence-electron chi connectivity index (χ2n) is 4.75. The van der Waals surface area contributed by atoms with Crippen molar-refractivity contribution in [3.05, 3.63) is 34.1 Å². The van der Waals surface area contributed by atoms with E-state index in [-0.39, 0.29) is 12.2 Å². The minimum Gasteiger partial charge on any atom is -0.481 e. The van der Waals surface area contributed by atoms with Crippen LogP contribution >= 0.6 is 15.9 Å². The maximum atomic E-state index is 13.0. The average molecular weight is 332 g/mol. The van der Waals surface area contributed by atoms with Gasteiger partial charge in [0.05, 0.1) is 4.47 Å². The van der Waals surface area contributed by atoms with Crippen molar-refractivity contribution in [2.24, 2.45) is 5.92 Å². The van der Waals surface area contributed by atoms with E-state index in [0.29, 0.717) is 23.4 Å². The van der Waals surface area contributed by atoms with Crippen LogP contribution in [0.5, 0.6) is 0 Å². The molecule has 1 rings (SSSR count). The topological polar surface area (TPSA) is 49.3 Å². The lowest BCUT2D eigenvalue weighted by atomic mass is 10.0. The molecule has 5 heteroatoms. The lowest BCUT2D eigenvalue weighted by molar-refractivity contribution is -0.137. The Hall–Kier alpha value is -0.940. The molecule has 3 nitrogen and oxygen atoms in total. The third kappa shape index (κ3) is 6.68. The molecule has 0 bridgehead atoms. The molecule has 0 aliphatic rings. The first kappa shape index (κ1) is 16.1. The fourth-order valence-electron chi connectivity index (χ4n) is 1.74. The second-order valence-corrected chi connectivity index (χ2v) is 5.61. The van der Waals surface area contributed by atoms with Crippen molar-refractivity contribution in [2.45, 2.75) is 32.7 Å². The molecule has 0 fully saturated rings. The fraction of sp³-hybridized carbons (Fsp3) is 0.500. The molecule has 0 radical (unpaired) electrons. The van der Waals surface area contributed by atoms with Crippen LogP contribution in [-0.4, -0.2) is 17.6 Å². The van der Waals surface area contributed by atoms with Gasteiger partial charge in [0, 0.05) is 13.0 Å². The van der Waals surface area contributed by atoms with Gasteiger partial charge in [-0.3, -0.25) is 4.79 Å². The maximum absolute atomic E-state index is 13.0. The largest absolute Gasteiger partial charge is 0.481 e. The first-order chi connectivity index (χ1) is 8.99.